The molecule has 1 saturated carbocycles. The van der Waals surface area contributed by atoms with Gasteiger partial charge in [0.25, 0.3) is 0 Å². The van der Waals surface area contributed by atoms with E-state index in [1.54, 1.807) is 4.31 Å². The van der Waals surface area contributed by atoms with Gasteiger partial charge in [0, 0.05) is 32.2 Å². The van der Waals surface area contributed by atoms with Crippen molar-refractivity contribution in [3.8, 4) is 0 Å². The van der Waals surface area contributed by atoms with Crippen LogP contribution in [0, 0.1) is 19.3 Å². The lowest BCUT2D eigenvalue weighted by molar-refractivity contribution is 0.166. The molecule has 0 unspecified atom stereocenters. The second kappa shape index (κ2) is 8.75. The first-order chi connectivity index (χ1) is 14.3. The van der Waals surface area contributed by atoms with Gasteiger partial charge < -0.3 is 10.2 Å². The Balaban J connectivity index is 1.36. The number of benzene rings is 1. The van der Waals surface area contributed by atoms with Crippen molar-refractivity contribution in [1.82, 2.24) is 14.5 Å². The summed E-state index contributed by atoms with van der Waals surface area (Å²) in [6, 6.07) is 6.22. The third-order valence-corrected chi connectivity index (χ3v) is 9.82. The zero-order valence-corrected chi connectivity index (χ0v) is 20.0. The van der Waals surface area contributed by atoms with Gasteiger partial charge in [0.15, 0.2) is 5.11 Å². The molecule has 0 amide bonds. The normalized spacial score (nSPS) is 23.1. The zero-order valence-electron chi connectivity index (χ0n) is 18.3. The maximum absolute atomic E-state index is 13.2. The van der Waals surface area contributed by atoms with E-state index in [0.717, 1.165) is 48.6 Å². The van der Waals surface area contributed by atoms with E-state index in [1.807, 2.05) is 32.0 Å². The Labute approximate surface area is 187 Å². The SMILES string of the molecule is Cc1ccc(C)c(S(=O)(=O)N2CCC3(CCN(C(=S)NC4CCCCC4)C3)CC2)c1. The van der Waals surface area contributed by atoms with Crippen molar-refractivity contribution in [2.24, 2.45) is 5.41 Å². The Morgan fingerprint density at radius 3 is 2.43 bits per heavy atom. The Morgan fingerprint density at radius 1 is 1.07 bits per heavy atom. The van der Waals surface area contributed by atoms with Crippen LogP contribution in [-0.4, -0.2) is 55.0 Å². The van der Waals surface area contributed by atoms with Crippen LogP contribution in [-0.2, 0) is 10.0 Å². The second-order valence-electron chi connectivity index (χ2n) is 9.63. The minimum Gasteiger partial charge on any atom is -0.360 e. The van der Waals surface area contributed by atoms with Gasteiger partial charge in [-0.3, -0.25) is 0 Å². The lowest BCUT2D eigenvalue weighted by Gasteiger charge is -2.39. The molecular formula is C23H35N3O2S2. The number of likely N-dealkylation sites (tertiary alicyclic amines) is 1. The topological polar surface area (TPSA) is 52.7 Å². The van der Waals surface area contributed by atoms with Crippen molar-refractivity contribution in [2.75, 3.05) is 26.2 Å². The Morgan fingerprint density at radius 2 is 1.73 bits per heavy atom. The van der Waals surface area contributed by atoms with Gasteiger partial charge in [-0.15, -0.1) is 0 Å². The predicted molar refractivity (Wildman–Crippen MR) is 125 cm³/mol. The maximum atomic E-state index is 13.2. The van der Waals surface area contributed by atoms with E-state index in [1.165, 1.54) is 32.1 Å². The van der Waals surface area contributed by atoms with E-state index in [-0.39, 0.29) is 5.41 Å². The van der Waals surface area contributed by atoms with Gasteiger partial charge in [-0.05, 0) is 80.8 Å². The van der Waals surface area contributed by atoms with Crippen LogP contribution in [0.25, 0.3) is 0 Å². The summed E-state index contributed by atoms with van der Waals surface area (Å²) in [4.78, 5) is 2.79. The highest BCUT2D eigenvalue weighted by Crippen LogP contribution is 2.41. The first-order valence-corrected chi connectivity index (χ1v) is 13.3. The highest BCUT2D eigenvalue weighted by molar-refractivity contribution is 7.89. The number of nitrogens with one attached hydrogen (secondary N) is 1. The molecule has 166 valence electrons. The molecule has 30 heavy (non-hydrogen) atoms. The molecule has 1 spiro atoms. The van der Waals surface area contributed by atoms with Gasteiger partial charge in [-0.1, -0.05) is 31.4 Å². The van der Waals surface area contributed by atoms with Crippen LogP contribution in [0.4, 0.5) is 0 Å². The molecule has 2 aliphatic heterocycles. The molecule has 1 aromatic rings. The van der Waals surface area contributed by atoms with Gasteiger partial charge in [-0.2, -0.15) is 4.31 Å². The molecule has 1 aromatic carbocycles. The highest BCUT2D eigenvalue weighted by atomic mass is 32.2. The molecule has 3 aliphatic rings. The van der Waals surface area contributed by atoms with Crippen LogP contribution in [0.1, 0.15) is 62.5 Å². The summed E-state index contributed by atoms with van der Waals surface area (Å²) in [5.74, 6) is 0. The largest absolute Gasteiger partial charge is 0.360 e. The average Bonchev–Trinajstić information content (AvgIpc) is 3.14. The molecule has 1 N–H and O–H groups in total. The molecule has 4 rings (SSSR count). The Bertz CT molecular complexity index is 886. The molecular weight excluding hydrogens is 414 g/mol. The summed E-state index contributed by atoms with van der Waals surface area (Å²) in [7, 11) is -3.43. The molecule has 0 radical (unpaired) electrons. The van der Waals surface area contributed by atoms with Gasteiger partial charge in [-0.25, -0.2) is 8.42 Å². The first kappa shape index (κ1) is 22.0. The molecule has 0 bridgehead atoms. The summed E-state index contributed by atoms with van der Waals surface area (Å²) in [6.07, 6.45) is 9.34. The molecule has 1 aliphatic carbocycles. The number of sulfonamides is 1. The highest BCUT2D eigenvalue weighted by Gasteiger charge is 2.43. The molecule has 3 fully saturated rings. The minimum atomic E-state index is -3.43. The van der Waals surface area contributed by atoms with Crippen LogP contribution < -0.4 is 5.32 Å². The van der Waals surface area contributed by atoms with Crippen molar-refractivity contribution < 1.29 is 8.42 Å². The Hall–Kier alpha value is -1.18. The minimum absolute atomic E-state index is 0.200. The summed E-state index contributed by atoms with van der Waals surface area (Å²) in [6.45, 7) is 6.98. The fourth-order valence-corrected chi connectivity index (χ4v) is 7.43. The van der Waals surface area contributed by atoms with Crippen molar-refractivity contribution >= 4 is 27.4 Å². The van der Waals surface area contributed by atoms with Crippen molar-refractivity contribution in [1.29, 1.82) is 0 Å². The van der Waals surface area contributed by atoms with E-state index in [9.17, 15) is 8.42 Å². The van der Waals surface area contributed by atoms with E-state index >= 15 is 0 Å². The number of hydrogen-bond donors (Lipinski definition) is 1. The zero-order chi connectivity index (χ0) is 21.4. The third-order valence-electron chi connectivity index (χ3n) is 7.40. The van der Waals surface area contributed by atoms with Crippen molar-refractivity contribution in [3.63, 3.8) is 0 Å². The van der Waals surface area contributed by atoms with E-state index in [2.05, 4.69) is 10.2 Å². The number of hydrogen-bond acceptors (Lipinski definition) is 3. The van der Waals surface area contributed by atoms with E-state index < -0.39 is 10.0 Å². The van der Waals surface area contributed by atoms with Crippen LogP contribution in [0.5, 0.6) is 0 Å². The molecule has 7 heteroatoms. The van der Waals surface area contributed by atoms with Crippen LogP contribution in [0.3, 0.4) is 0 Å². The van der Waals surface area contributed by atoms with Crippen LogP contribution >= 0.6 is 12.2 Å². The number of aryl methyl sites for hydroxylation is 2. The monoisotopic (exact) mass is 449 g/mol. The fourth-order valence-electron chi connectivity index (χ4n) is 5.35. The quantitative estimate of drug-likeness (QED) is 0.707. The fraction of sp³-hybridized carbons (Fsp3) is 0.696. The van der Waals surface area contributed by atoms with Crippen LogP contribution in [0.2, 0.25) is 0 Å². The summed E-state index contributed by atoms with van der Waals surface area (Å²) in [5.41, 5.74) is 2.01. The molecule has 0 aromatic heterocycles. The van der Waals surface area contributed by atoms with Gasteiger partial charge >= 0.3 is 0 Å². The average molecular weight is 450 g/mol. The number of rotatable bonds is 3. The summed E-state index contributed by atoms with van der Waals surface area (Å²) in [5, 5.41) is 4.51. The smallest absolute Gasteiger partial charge is 0.243 e. The summed E-state index contributed by atoms with van der Waals surface area (Å²) >= 11 is 5.73. The predicted octanol–water partition coefficient (Wildman–Crippen LogP) is 3.99. The Kier molecular flexibility index (Phi) is 6.43. The summed E-state index contributed by atoms with van der Waals surface area (Å²) < 4.78 is 28.2. The number of nitrogens with zero attached hydrogens (tertiary/aromatic N) is 2. The van der Waals surface area contributed by atoms with Gasteiger partial charge in [0.1, 0.15) is 0 Å². The number of thiocarbonyl (C=S) groups is 1. The van der Waals surface area contributed by atoms with Gasteiger partial charge in [0.05, 0.1) is 4.90 Å². The van der Waals surface area contributed by atoms with E-state index in [0.29, 0.717) is 24.0 Å². The van der Waals surface area contributed by atoms with E-state index in [4.69, 9.17) is 12.2 Å². The lowest BCUT2D eigenvalue weighted by atomic mass is 9.78. The number of piperidine rings is 1. The van der Waals surface area contributed by atoms with Gasteiger partial charge in [0.2, 0.25) is 10.0 Å². The first-order valence-electron chi connectivity index (χ1n) is 11.4. The molecule has 0 atom stereocenters. The third kappa shape index (κ3) is 4.53. The lowest BCUT2D eigenvalue weighted by Crippen LogP contribution is -2.47. The molecule has 2 saturated heterocycles. The van der Waals surface area contributed by atoms with Crippen LogP contribution in [0.15, 0.2) is 23.1 Å². The molecule has 2 heterocycles. The van der Waals surface area contributed by atoms with Crippen molar-refractivity contribution in [3.05, 3.63) is 29.3 Å². The molecule has 5 nitrogen and oxygen atoms in total. The van der Waals surface area contributed by atoms with Crippen molar-refractivity contribution in [2.45, 2.75) is 76.2 Å². The maximum Gasteiger partial charge on any atom is 0.243 e. The second-order valence-corrected chi connectivity index (χ2v) is 11.9. The standard InChI is InChI=1S/C23H35N3O2S2/c1-18-8-9-19(2)21(16-18)30(27,28)26-14-11-23(12-15-26)10-13-25(17-23)22(29)24-20-6-4-3-5-7-20/h8-9,16,20H,3-7,10-15,17H2,1-2H3,(H,24,29).